The van der Waals surface area contributed by atoms with Crippen molar-refractivity contribution in [3.63, 3.8) is 0 Å². The van der Waals surface area contributed by atoms with Gasteiger partial charge in [0.15, 0.2) is 0 Å². The molecular weight excluding hydrogens is 304 g/mol. The van der Waals surface area contributed by atoms with Gasteiger partial charge in [0.2, 0.25) is 0 Å². The normalized spacial score (nSPS) is 25.9. The highest BCUT2D eigenvalue weighted by atomic mass is 79.9. The van der Waals surface area contributed by atoms with Crippen LogP contribution in [0.3, 0.4) is 0 Å². The van der Waals surface area contributed by atoms with Crippen LogP contribution in [-0.2, 0) is 0 Å². The summed E-state index contributed by atoms with van der Waals surface area (Å²) in [6.45, 7) is 0. The molecule has 1 aromatic carbocycles. The summed E-state index contributed by atoms with van der Waals surface area (Å²) in [4.78, 5) is 1.53. The van der Waals surface area contributed by atoms with Gasteiger partial charge in [-0.15, -0.1) is 11.8 Å². The second-order valence-corrected chi connectivity index (χ2v) is 7.57. The molecule has 0 amide bonds. The summed E-state index contributed by atoms with van der Waals surface area (Å²) in [7, 11) is 0. The van der Waals surface area contributed by atoms with Crippen molar-refractivity contribution >= 4 is 27.7 Å². The Morgan fingerprint density at radius 3 is 2.72 bits per heavy atom. The molecule has 3 rings (SSSR count). The minimum atomic E-state index is 0.584. The first-order valence-electron chi connectivity index (χ1n) is 7.11. The van der Waals surface area contributed by atoms with Crippen molar-refractivity contribution in [3.8, 4) is 0 Å². The molecule has 2 aliphatic rings. The molecule has 1 fully saturated rings. The molecule has 1 atom stereocenters. The number of fused-ring (bicyclic) bond motifs is 1. The number of rotatable bonds is 3. The predicted octanol–water partition coefficient (Wildman–Crippen LogP) is 5.61. The number of benzene rings is 1. The van der Waals surface area contributed by atoms with Gasteiger partial charge in [-0.05, 0) is 42.2 Å². The van der Waals surface area contributed by atoms with Crippen molar-refractivity contribution in [3.05, 3.63) is 29.8 Å². The smallest absolute Gasteiger partial charge is 0.0107 e. The highest BCUT2D eigenvalue weighted by Gasteiger charge is 2.36. The molecule has 0 N–H and O–H groups in total. The van der Waals surface area contributed by atoms with Crippen LogP contribution < -0.4 is 0 Å². The lowest BCUT2D eigenvalue weighted by Crippen LogP contribution is -2.28. The van der Waals surface area contributed by atoms with Crippen LogP contribution in [-0.4, -0.2) is 11.1 Å². The van der Waals surface area contributed by atoms with E-state index < -0.39 is 0 Å². The van der Waals surface area contributed by atoms with Gasteiger partial charge in [0, 0.05) is 16.0 Å². The zero-order valence-corrected chi connectivity index (χ0v) is 13.2. The first-order valence-corrected chi connectivity index (χ1v) is 9.21. The Balaban J connectivity index is 1.77. The molecule has 0 saturated heterocycles. The van der Waals surface area contributed by atoms with Gasteiger partial charge in [-0.25, -0.2) is 0 Å². The van der Waals surface area contributed by atoms with Crippen LogP contribution in [0.1, 0.15) is 50.0 Å². The van der Waals surface area contributed by atoms with Crippen molar-refractivity contribution < 1.29 is 0 Å². The molecule has 98 valence electrons. The summed E-state index contributed by atoms with van der Waals surface area (Å²) in [5, 5.41) is 1.20. The van der Waals surface area contributed by atoms with E-state index >= 15 is 0 Å². The van der Waals surface area contributed by atoms with E-state index in [1.54, 1.807) is 5.56 Å². The van der Waals surface area contributed by atoms with Gasteiger partial charge in [0.25, 0.3) is 0 Å². The van der Waals surface area contributed by atoms with Gasteiger partial charge in [-0.1, -0.05) is 53.4 Å². The maximum Gasteiger partial charge on any atom is 0.0107 e. The number of alkyl halides is 1. The summed E-state index contributed by atoms with van der Waals surface area (Å²) < 4.78 is 0. The standard InChI is InChI=1S/C16H21BrS/c17-12-16(8-4-1-5-9-16)10-13-11-18-15-7-3-2-6-14(13)15/h2-3,6-7,13H,1,4-5,8-12H2. The Kier molecular flexibility index (Phi) is 4.05. The van der Waals surface area contributed by atoms with Crippen molar-refractivity contribution in [2.45, 2.75) is 49.3 Å². The summed E-state index contributed by atoms with van der Waals surface area (Å²) in [5.41, 5.74) is 2.20. The molecule has 0 radical (unpaired) electrons. The van der Waals surface area contributed by atoms with E-state index in [1.165, 1.54) is 54.5 Å². The van der Waals surface area contributed by atoms with E-state index in [0.29, 0.717) is 5.41 Å². The third-order valence-corrected chi connectivity index (χ3v) is 7.12. The van der Waals surface area contributed by atoms with Crippen LogP contribution in [0.2, 0.25) is 0 Å². The first-order chi connectivity index (χ1) is 8.83. The average molecular weight is 325 g/mol. The van der Waals surface area contributed by atoms with Crippen LogP contribution >= 0.6 is 27.7 Å². The fraction of sp³-hybridized carbons (Fsp3) is 0.625. The molecule has 1 aliphatic carbocycles. The van der Waals surface area contributed by atoms with Crippen molar-refractivity contribution in [2.75, 3.05) is 11.1 Å². The fourth-order valence-electron chi connectivity index (χ4n) is 3.62. The molecule has 1 saturated carbocycles. The number of hydrogen-bond donors (Lipinski definition) is 0. The fourth-order valence-corrected chi connectivity index (χ4v) is 5.66. The Bertz CT molecular complexity index is 409. The van der Waals surface area contributed by atoms with Crippen LogP contribution in [0.4, 0.5) is 0 Å². The van der Waals surface area contributed by atoms with Crippen LogP contribution in [0.25, 0.3) is 0 Å². The van der Waals surface area contributed by atoms with Crippen LogP contribution in [0, 0.1) is 5.41 Å². The van der Waals surface area contributed by atoms with E-state index in [9.17, 15) is 0 Å². The van der Waals surface area contributed by atoms with Gasteiger partial charge in [0.05, 0.1) is 0 Å². The third kappa shape index (κ3) is 2.51. The van der Waals surface area contributed by atoms with Gasteiger partial charge in [0.1, 0.15) is 0 Å². The lowest BCUT2D eigenvalue weighted by Gasteiger charge is -2.38. The SMILES string of the molecule is BrCC1(CC2CSc3ccccc32)CCCCC1. The quantitative estimate of drug-likeness (QED) is 0.651. The average Bonchev–Trinajstić information content (AvgIpc) is 2.83. The highest BCUT2D eigenvalue weighted by Crippen LogP contribution is 2.49. The Hall–Kier alpha value is 0.0500. The largest absolute Gasteiger partial charge is 0.125 e. The Morgan fingerprint density at radius 2 is 1.94 bits per heavy atom. The molecule has 1 aromatic rings. The topological polar surface area (TPSA) is 0 Å². The summed E-state index contributed by atoms with van der Waals surface area (Å²) >= 11 is 5.87. The maximum atomic E-state index is 3.81. The lowest BCUT2D eigenvalue weighted by atomic mass is 9.70. The molecule has 1 heterocycles. The maximum absolute atomic E-state index is 3.81. The van der Waals surface area contributed by atoms with Crippen molar-refractivity contribution in [1.29, 1.82) is 0 Å². The number of halogens is 1. The molecule has 0 bridgehead atoms. The Morgan fingerprint density at radius 1 is 1.17 bits per heavy atom. The van der Waals surface area contributed by atoms with E-state index in [1.807, 2.05) is 0 Å². The predicted molar refractivity (Wildman–Crippen MR) is 83.8 cm³/mol. The molecule has 2 heteroatoms. The lowest BCUT2D eigenvalue weighted by molar-refractivity contribution is 0.196. The summed E-state index contributed by atoms with van der Waals surface area (Å²) in [6.07, 6.45) is 8.58. The molecule has 0 aromatic heterocycles. The molecule has 1 aliphatic heterocycles. The summed E-state index contributed by atoms with van der Waals surface area (Å²) in [6, 6.07) is 9.03. The molecular formula is C16H21BrS. The van der Waals surface area contributed by atoms with Crippen molar-refractivity contribution in [2.24, 2.45) is 5.41 Å². The minimum absolute atomic E-state index is 0.584. The monoisotopic (exact) mass is 324 g/mol. The number of hydrogen-bond acceptors (Lipinski definition) is 1. The summed E-state index contributed by atoms with van der Waals surface area (Å²) in [5.74, 6) is 2.09. The molecule has 1 unspecified atom stereocenters. The molecule has 0 spiro atoms. The van der Waals surface area contributed by atoms with Gasteiger partial charge in [-0.2, -0.15) is 0 Å². The number of thioether (sulfide) groups is 1. The van der Waals surface area contributed by atoms with Crippen LogP contribution in [0.5, 0.6) is 0 Å². The van der Waals surface area contributed by atoms with Crippen molar-refractivity contribution in [1.82, 2.24) is 0 Å². The molecule has 0 nitrogen and oxygen atoms in total. The minimum Gasteiger partial charge on any atom is -0.125 e. The van der Waals surface area contributed by atoms with Gasteiger partial charge in [-0.3, -0.25) is 0 Å². The third-order valence-electron chi connectivity index (χ3n) is 4.68. The van der Waals surface area contributed by atoms with E-state index in [0.717, 1.165) is 5.92 Å². The van der Waals surface area contributed by atoms with E-state index in [2.05, 4.69) is 52.0 Å². The molecule has 18 heavy (non-hydrogen) atoms. The second-order valence-electron chi connectivity index (χ2n) is 5.94. The van der Waals surface area contributed by atoms with E-state index in [4.69, 9.17) is 0 Å². The van der Waals surface area contributed by atoms with Crippen LogP contribution in [0.15, 0.2) is 29.2 Å². The zero-order valence-electron chi connectivity index (χ0n) is 10.8. The Labute approximate surface area is 123 Å². The zero-order chi connectivity index (χ0) is 12.4. The second kappa shape index (κ2) is 5.58. The van der Waals surface area contributed by atoms with E-state index in [-0.39, 0.29) is 0 Å². The van der Waals surface area contributed by atoms with Gasteiger partial charge < -0.3 is 0 Å². The first kappa shape index (κ1) is 13.1. The van der Waals surface area contributed by atoms with Gasteiger partial charge >= 0.3 is 0 Å². The highest BCUT2D eigenvalue weighted by molar-refractivity contribution is 9.09.